The molecule has 0 spiro atoms. The predicted molar refractivity (Wildman–Crippen MR) is 152 cm³/mol. The van der Waals surface area contributed by atoms with Gasteiger partial charge in [-0.05, 0) is 68.4 Å². The summed E-state index contributed by atoms with van der Waals surface area (Å²) < 4.78 is 30.7. The maximum absolute atomic E-state index is 14.2. The van der Waals surface area contributed by atoms with Crippen LogP contribution >= 0.6 is 15.9 Å². The Hall–Kier alpha value is -3.30. The molecule has 2 aliphatic rings. The number of halogens is 3. The van der Waals surface area contributed by atoms with Gasteiger partial charge in [-0.2, -0.15) is 0 Å². The molecule has 0 atom stereocenters. The van der Waals surface area contributed by atoms with Crippen molar-refractivity contribution >= 4 is 38.6 Å². The molecule has 3 heterocycles. The highest BCUT2D eigenvalue weighted by Gasteiger charge is 2.31. The Morgan fingerprint density at radius 3 is 2.41 bits per heavy atom. The SMILES string of the molecule is O=C(C1CCN(Cc2nc3ccccc3n2-c2cccc(Br)c2)CC1)N1CCN(c2ccc(F)cc2F)CC1. The number of anilines is 1. The van der Waals surface area contributed by atoms with Crippen LogP contribution in [0.3, 0.4) is 0 Å². The number of piperazine rings is 1. The van der Waals surface area contributed by atoms with Crippen LogP contribution in [0.4, 0.5) is 14.5 Å². The lowest BCUT2D eigenvalue weighted by molar-refractivity contribution is -0.137. The van der Waals surface area contributed by atoms with Gasteiger partial charge in [0.2, 0.25) is 5.91 Å². The number of piperidine rings is 1. The minimum Gasteiger partial charge on any atom is -0.366 e. The predicted octanol–water partition coefficient (Wildman–Crippen LogP) is 5.63. The van der Waals surface area contributed by atoms with E-state index in [4.69, 9.17) is 4.98 Å². The van der Waals surface area contributed by atoms with Crippen molar-refractivity contribution in [1.82, 2.24) is 19.4 Å². The van der Waals surface area contributed by atoms with Crippen molar-refractivity contribution in [3.05, 3.63) is 88.7 Å². The van der Waals surface area contributed by atoms with Gasteiger partial charge >= 0.3 is 0 Å². The standard InChI is InChI=1S/C30H30BrF2N5O/c31-22-4-3-5-24(18-22)38-28-7-2-1-6-26(28)34-29(38)20-35-12-10-21(11-13-35)30(39)37-16-14-36(15-17-37)27-9-8-23(32)19-25(27)33/h1-9,18-19,21H,10-17,20H2. The summed E-state index contributed by atoms with van der Waals surface area (Å²) in [6.45, 7) is 4.55. The zero-order valence-electron chi connectivity index (χ0n) is 21.6. The molecule has 0 unspecified atom stereocenters. The van der Waals surface area contributed by atoms with Crippen molar-refractivity contribution < 1.29 is 13.6 Å². The topological polar surface area (TPSA) is 44.6 Å². The molecular weight excluding hydrogens is 564 g/mol. The van der Waals surface area contributed by atoms with Gasteiger partial charge in [0, 0.05) is 48.3 Å². The number of fused-ring (bicyclic) bond motifs is 1. The first kappa shape index (κ1) is 26.0. The molecular formula is C30H30BrF2N5O. The van der Waals surface area contributed by atoms with Crippen molar-refractivity contribution in [3.8, 4) is 5.69 Å². The number of amides is 1. The number of carbonyl (C=O) groups excluding carboxylic acids is 1. The average Bonchev–Trinajstić information content (AvgIpc) is 3.31. The molecule has 2 saturated heterocycles. The molecule has 1 aromatic heterocycles. The number of likely N-dealkylation sites (tertiary alicyclic amines) is 1. The van der Waals surface area contributed by atoms with Crippen LogP contribution in [0, 0.1) is 17.6 Å². The van der Waals surface area contributed by atoms with Gasteiger partial charge in [0.25, 0.3) is 0 Å². The minimum atomic E-state index is -0.582. The number of benzene rings is 3. The molecule has 9 heteroatoms. The molecule has 0 saturated carbocycles. The van der Waals surface area contributed by atoms with E-state index in [-0.39, 0.29) is 11.8 Å². The Morgan fingerprint density at radius 2 is 1.67 bits per heavy atom. The molecule has 202 valence electrons. The summed E-state index contributed by atoms with van der Waals surface area (Å²) in [6, 6.07) is 20.1. The van der Waals surface area contributed by atoms with Gasteiger partial charge in [0.15, 0.2) is 0 Å². The fourth-order valence-corrected chi connectivity index (χ4v) is 6.17. The van der Waals surface area contributed by atoms with Crippen molar-refractivity contribution in [2.24, 2.45) is 5.92 Å². The lowest BCUT2D eigenvalue weighted by atomic mass is 9.95. The summed E-state index contributed by atoms with van der Waals surface area (Å²) in [5.74, 6) is 0.0371. The summed E-state index contributed by atoms with van der Waals surface area (Å²) in [5, 5.41) is 0. The monoisotopic (exact) mass is 593 g/mol. The van der Waals surface area contributed by atoms with Gasteiger partial charge in [0.05, 0.1) is 23.3 Å². The summed E-state index contributed by atoms with van der Waals surface area (Å²) in [6.07, 6.45) is 1.62. The average molecular weight is 595 g/mol. The highest BCUT2D eigenvalue weighted by molar-refractivity contribution is 9.10. The van der Waals surface area contributed by atoms with Crippen LogP contribution in [0.2, 0.25) is 0 Å². The van der Waals surface area contributed by atoms with E-state index in [0.29, 0.717) is 38.4 Å². The summed E-state index contributed by atoms with van der Waals surface area (Å²) in [7, 11) is 0. The van der Waals surface area contributed by atoms with Crippen molar-refractivity contribution in [2.45, 2.75) is 19.4 Å². The van der Waals surface area contributed by atoms with E-state index >= 15 is 0 Å². The first-order valence-electron chi connectivity index (χ1n) is 13.4. The Balaban J connectivity index is 1.08. The Morgan fingerprint density at radius 1 is 0.897 bits per heavy atom. The maximum atomic E-state index is 14.2. The lowest BCUT2D eigenvalue weighted by Gasteiger charge is -2.39. The third kappa shape index (κ3) is 5.43. The second-order valence-electron chi connectivity index (χ2n) is 10.3. The quantitative estimate of drug-likeness (QED) is 0.301. The highest BCUT2D eigenvalue weighted by Crippen LogP contribution is 2.28. The van der Waals surface area contributed by atoms with E-state index in [1.807, 2.05) is 40.1 Å². The molecule has 2 aliphatic heterocycles. The Kier molecular flexibility index (Phi) is 7.36. The zero-order valence-corrected chi connectivity index (χ0v) is 23.2. The van der Waals surface area contributed by atoms with Crippen LogP contribution in [0.5, 0.6) is 0 Å². The van der Waals surface area contributed by atoms with Gasteiger partial charge in [-0.25, -0.2) is 13.8 Å². The number of rotatable bonds is 5. The molecule has 2 fully saturated rings. The second kappa shape index (κ2) is 11.1. The molecule has 6 rings (SSSR count). The molecule has 3 aromatic carbocycles. The fraction of sp³-hybridized carbons (Fsp3) is 0.333. The fourth-order valence-electron chi connectivity index (χ4n) is 5.79. The van der Waals surface area contributed by atoms with Crippen LogP contribution in [-0.2, 0) is 11.3 Å². The van der Waals surface area contributed by atoms with Gasteiger partial charge in [0.1, 0.15) is 17.5 Å². The third-order valence-corrected chi connectivity index (χ3v) is 8.33. The zero-order chi connectivity index (χ0) is 26.9. The second-order valence-corrected chi connectivity index (χ2v) is 11.2. The van der Waals surface area contributed by atoms with Crippen molar-refractivity contribution in [3.63, 3.8) is 0 Å². The molecule has 39 heavy (non-hydrogen) atoms. The van der Waals surface area contributed by atoms with Gasteiger partial charge in [-0.3, -0.25) is 14.3 Å². The van der Waals surface area contributed by atoms with Crippen LogP contribution < -0.4 is 4.90 Å². The molecule has 0 bridgehead atoms. The van der Waals surface area contributed by atoms with Gasteiger partial charge in [-0.1, -0.05) is 34.1 Å². The Bertz CT molecular complexity index is 1490. The first-order valence-corrected chi connectivity index (χ1v) is 14.2. The van der Waals surface area contributed by atoms with Gasteiger partial charge in [-0.15, -0.1) is 0 Å². The highest BCUT2D eigenvalue weighted by atomic mass is 79.9. The smallest absolute Gasteiger partial charge is 0.225 e. The summed E-state index contributed by atoms with van der Waals surface area (Å²) in [4.78, 5) is 24.4. The van der Waals surface area contributed by atoms with E-state index in [2.05, 4.69) is 43.6 Å². The van der Waals surface area contributed by atoms with E-state index in [1.165, 1.54) is 12.1 Å². The number of imidazole rings is 1. The number of hydrogen-bond donors (Lipinski definition) is 0. The molecule has 0 N–H and O–H groups in total. The van der Waals surface area contributed by atoms with E-state index in [0.717, 1.165) is 59.0 Å². The molecule has 4 aromatic rings. The number of nitrogens with zero attached hydrogens (tertiary/aromatic N) is 5. The molecule has 0 aliphatic carbocycles. The number of hydrogen-bond acceptors (Lipinski definition) is 4. The van der Waals surface area contributed by atoms with E-state index < -0.39 is 11.6 Å². The largest absolute Gasteiger partial charge is 0.366 e. The van der Waals surface area contributed by atoms with E-state index in [9.17, 15) is 13.6 Å². The maximum Gasteiger partial charge on any atom is 0.225 e. The first-order chi connectivity index (χ1) is 19.0. The van der Waals surface area contributed by atoms with Crippen LogP contribution in [0.1, 0.15) is 18.7 Å². The minimum absolute atomic E-state index is 0.000692. The number of aromatic nitrogens is 2. The van der Waals surface area contributed by atoms with E-state index in [1.54, 1.807) is 0 Å². The van der Waals surface area contributed by atoms with Crippen LogP contribution in [0.15, 0.2) is 71.2 Å². The van der Waals surface area contributed by atoms with Crippen LogP contribution in [-0.4, -0.2) is 64.5 Å². The number of carbonyl (C=O) groups is 1. The molecule has 0 radical (unpaired) electrons. The van der Waals surface area contributed by atoms with Crippen molar-refractivity contribution in [1.29, 1.82) is 0 Å². The molecule has 6 nitrogen and oxygen atoms in total. The Labute approximate surface area is 235 Å². The van der Waals surface area contributed by atoms with Crippen LogP contribution in [0.25, 0.3) is 16.7 Å². The number of para-hydroxylation sites is 2. The summed E-state index contributed by atoms with van der Waals surface area (Å²) >= 11 is 3.60. The van der Waals surface area contributed by atoms with Gasteiger partial charge < -0.3 is 9.80 Å². The third-order valence-electron chi connectivity index (χ3n) is 7.84. The summed E-state index contributed by atoms with van der Waals surface area (Å²) in [5.41, 5.74) is 3.51. The molecule has 1 amide bonds. The lowest BCUT2D eigenvalue weighted by Crippen LogP contribution is -2.51. The van der Waals surface area contributed by atoms with Crippen molar-refractivity contribution in [2.75, 3.05) is 44.2 Å². The normalized spacial score (nSPS) is 17.2.